The van der Waals surface area contributed by atoms with Crippen molar-refractivity contribution in [2.75, 3.05) is 19.7 Å². The predicted molar refractivity (Wildman–Crippen MR) is 134 cm³/mol. The quantitative estimate of drug-likeness (QED) is 0.481. The van der Waals surface area contributed by atoms with E-state index in [2.05, 4.69) is 15.3 Å². The number of likely N-dealkylation sites (tertiary alicyclic amines) is 1. The molecule has 2 heterocycles. The number of hydrogen-bond acceptors (Lipinski definition) is 5. The van der Waals surface area contributed by atoms with Crippen LogP contribution in [-0.4, -0.2) is 51.5 Å². The van der Waals surface area contributed by atoms with Crippen LogP contribution in [0.4, 0.5) is 8.78 Å². The lowest BCUT2D eigenvalue weighted by molar-refractivity contribution is -0.131. The molecule has 194 valence electrons. The van der Waals surface area contributed by atoms with Gasteiger partial charge in [-0.05, 0) is 49.6 Å². The topological polar surface area (TPSA) is 95.4 Å². The maximum absolute atomic E-state index is 14.0. The van der Waals surface area contributed by atoms with E-state index in [0.717, 1.165) is 12.1 Å². The molecular weight excluding hydrogens is 502 g/mol. The Hall–Kier alpha value is -3.43. The molecule has 2 aromatic carbocycles. The van der Waals surface area contributed by atoms with Gasteiger partial charge in [0.25, 0.3) is 5.91 Å². The lowest BCUT2D eigenvalue weighted by Gasteiger charge is -2.32. The molecule has 2 N–H and O–H groups in total. The standard InChI is InChI=1S/C27H27ClF2N4O3/c1-16-31-14-21(27(37)33-24(15-35)18-4-2-5-19(28)12-18)26(32-16)17-8-10-34(11-9-17)25(36)13-20-22(29)6-3-7-23(20)30/h2-7,12,14,17,24,35H,8-11,13,15H2,1H3,(H,33,37). The van der Waals surface area contributed by atoms with Gasteiger partial charge in [-0.1, -0.05) is 29.8 Å². The van der Waals surface area contributed by atoms with Crippen LogP contribution in [0.15, 0.2) is 48.7 Å². The zero-order valence-corrected chi connectivity index (χ0v) is 21.0. The van der Waals surface area contributed by atoms with E-state index in [9.17, 15) is 23.5 Å². The van der Waals surface area contributed by atoms with Gasteiger partial charge in [-0.2, -0.15) is 0 Å². The molecule has 1 fully saturated rings. The summed E-state index contributed by atoms with van der Waals surface area (Å²) in [4.78, 5) is 36.3. The van der Waals surface area contributed by atoms with Crippen molar-refractivity contribution in [2.24, 2.45) is 0 Å². The number of nitrogens with zero attached hydrogens (tertiary/aromatic N) is 3. The molecule has 1 atom stereocenters. The summed E-state index contributed by atoms with van der Waals surface area (Å²) < 4.78 is 28.0. The normalized spacial score (nSPS) is 14.9. The number of amides is 2. The van der Waals surface area contributed by atoms with Crippen molar-refractivity contribution in [3.8, 4) is 0 Å². The van der Waals surface area contributed by atoms with E-state index >= 15 is 0 Å². The summed E-state index contributed by atoms with van der Waals surface area (Å²) in [5, 5.41) is 13.2. The van der Waals surface area contributed by atoms with Crippen LogP contribution in [0.2, 0.25) is 5.02 Å². The zero-order chi connectivity index (χ0) is 26.5. The van der Waals surface area contributed by atoms with E-state index in [1.807, 2.05) is 0 Å². The van der Waals surface area contributed by atoms with Crippen LogP contribution in [0.3, 0.4) is 0 Å². The van der Waals surface area contributed by atoms with Gasteiger partial charge < -0.3 is 15.3 Å². The van der Waals surface area contributed by atoms with Crippen molar-refractivity contribution in [2.45, 2.75) is 38.1 Å². The second kappa shape index (κ2) is 11.7. The van der Waals surface area contributed by atoms with Crippen molar-refractivity contribution in [1.29, 1.82) is 0 Å². The fourth-order valence-corrected chi connectivity index (χ4v) is 4.73. The van der Waals surface area contributed by atoms with Crippen LogP contribution < -0.4 is 5.32 Å². The number of aryl methyl sites for hydroxylation is 1. The number of rotatable bonds is 7. The Labute approximate surface area is 218 Å². The highest BCUT2D eigenvalue weighted by Crippen LogP contribution is 2.30. The summed E-state index contributed by atoms with van der Waals surface area (Å²) in [5.41, 5.74) is 1.29. The molecule has 1 saturated heterocycles. The molecule has 0 spiro atoms. The first-order valence-electron chi connectivity index (χ1n) is 12.0. The van der Waals surface area contributed by atoms with E-state index < -0.39 is 23.6 Å². The number of carbonyl (C=O) groups excluding carboxylic acids is 2. The van der Waals surface area contributed by atoms with Crippen LogP contribution in [0.1, 0.15) is 57.8 Å². The molecule has 0 saturated carbocycles. The van der Waals surface area contributed by atoms with Crippen LogP contribution in [0.5, 0.6) is 0 Å². The van der Waals surface area contributed by atoms with Gasteiger partial charge in [0.2, 0.25) is 5.91 Å². The maximum Gasteiger partial charge on any atom is 0.255 e. The maximum atomic E-state index is 14.0. The molecule has 0 radical (unpaired) electrons. The minimum absolute atomic E-state index is 0.115. The molecule has 10 heteroatoms. The lowest BCUT2D eigenvalue weighted by Crippen LogP contribution is -2.40. The van der Waals surface area contributed by atoms with Crippen molar-refractivity contribution in [3.05, 3.63) is 93.5 Å². The summed E-state index contributed by atoms with van der Waals surface area (Å²) in [5.74, 6) is -1.87. The largest absolute Gasteiger partial charge is 0.394 e. The highest BCUT2D eigenvalue weighted by atomic mass is 35.5. The molecule has 1 aromatic heterocycles. The van der Waals surface area contributed by atoms with E-state index in [1.54, 1.807) is 36.1 Å². The fourth-order valence-electron chi connectivity index (χ4n) is 4.53. The third-order valence-corrected chi connectivity index (χ3v) is 6.78. The van der Waals surface area contributed by atoms with Gasteiger partial charge >= 0.3 is 0 Å². The second-order valence-corrected chi connectivity index (χ2v) is 9.45. The minimum atomic E-state index is -0.741. The van der Waals surface area contributed by atoms with Gasteiger partial charge in [0.05, 0.1) is 30.3 Å². The van der Waals surface area contributed by atoms with E-state index in [0.29, 0.717) is 53.6 Å². The molecule has 1 unspecified atom stereocenters. The van der Waals surface area contributed by atoms with Crippen molar-refractivity contribution < 1.29 is 23.5 Å². The number of carbonyl (C=O) groups is 2. The number of halogens is 3. The Balaban J connectivity index is 1.45. The number of benzene rings is 2. The first kappa shape index (κ1) is 26.6. The third kappa shape index (κ3) is 6.29. The number of hydrogen-bond donors (Lipinski definition) is 2. The predicted octanol–water partition coefficient (Wildman–Crippen LogP) is 4.13. The Morgan fingerprint density at radius 1 is 1.16 bits per heavy atom. The first-order chi connectivity index (χ1) is 17.8. The summed E-state index contributed by atoms with van der Waals surface area (Å²) in [6.07, 6.45) is 2.17. The van der Waals surface area contributed by atoms with E-state index in [-0.39, 0.29) is 30.4 Å². The highest BCUT2D eigenvalue weighted by Gasteiger charge is 2.29. The van der Waals surface area contributed by atoms with Crippen LogP contribution in [0.25, 0.3) is 0 Å². The molecule has 7 nitrogen and oxygen atoms in total. The molecule has 1 aliphatic heterocycles. The SMILES string of the molecule is Cc1ncc(C(=O)NC(CO)c2cccc(Cl)c2)c(C2CCN(C(=O)Cc3c(F)cccc3F)CC2)n1. The Kier molecular flexibility index (Phi) is 8.45. The van der Waals surface area contributed by atoms with Crippen molar-refractivity contribution in [3.63, 3.8) is 0 Å². The van der Waals surface area contributed by atoms with Gasteiger partial charge in [0.15, 0.2) is 0 Å². The Morgan fingerprint density at radius 3 is 2.49 bits per heavy atom. The minimum Gasteiger partial charge on any atom is -0.394 e. The van der Waals surface area contributed by atoms with Gasteiger partial charge in [-0.15, -0.1) is 0 Å². The number of nitrogens with one attached hydrogen (secondary N) is 1. The summed E-state index contributed by atoms with van der Waals surface area (Å²) >= 11 is 6.06. The number of piperidine rings is 1. The first-order valence-corrected chi connectivity index (χ1v) is 12.4. The second-order valence-electron chi connectivity index (χ2n) is 9.01. The summed E-state index contributed by atoms with van der Waals surface area (Å²) in [6.45, 7) is 2.14. The average Bonchev–Trinajstić information content (AvgIpc) is 2.89. The monoisotopic (exact) mass is 528 g/mol. The summed E-state index contributed by atoms with van der Waals surface area (Å²) in [6, 6.07) is 9.75. The lowest BCUT2D eigenvalue weighted by atomic mass is 9.90. The average molecular weight is 529 g/mol. The van der Waals surface area contributed by atoms with Gasteiger partial charge in [-0.25, -0.2) is 18.7 Å². The zero-order valence-electron chi connectivity index (χ0n) is 20.3. The number of aliphatic hydroxyl groups excluding tert-OH is 1. The number of aromatic nitrogens is 2. The molecule has 0 bridgehead atoms. The molecule has 1 aliphatic rings. The Morgan fingerprint density at radius 2 is 1.84 bits per heavy atom. The van der Waals surface area contributed by atoms with Gasteiger partial charge in [0, 0.05) is 35.8 Å². The Bertz CT molecular complexity index is 1280. The molecule has 3 aromatic rings. The van der Waals surface area contributed by atoms with Crippen LogP contribution >= 0.6 is 11.6 Å². The highest BCUT2D eigenvalue weighted by molar-refractivity contribution is 6.30. The van der Waals surface area contributed by atoms with Crippen molar-refractivity contribution in [1.82, 2.24) is 20.2 Å². The van der Waals surface area contributed by atoms with E-state index in [1.165, 1.54) is 12.3 Å². The van der Waals surface area contributed by atoms with Crippen LogP contribution in [-0.2, 0) is 11.2 Å². The smallest absolute Gasteiger partial charge is 0.255 e. The van der Waals surface area contributed by atoms with Crippen molar-refractivity contribution >= 4 is 23.4 Å². The van der Waals surface area contributed by atoms with Crippen LogP contribution in [0, 0.1) is 18.6 Å². The fraction of sp³-hybridized carbons (Fsp3) is 0.333. The molecule has 4 rings (SSSR count). The molecule has 0 aliphatic carbocycles. The molecule has 2 amide bonds. The molecular formula is C27H27ClF2N4O3. The van der Waals surface area contributed by atoms with Gasteiger partial charge in [0.1, 0.15) is 17.5 Å². The number of aliphatic hydroxyl groups is 1. The summed E-state index contributed by atoms with van der Waals surface area (Å²) in [7, 11) is 0. The van der Waals surface area contributed by atoms with Gasteiger partial charge in [-0.3, -0.25) is 9.59 Å². The van der Waals surface area contributed by atoms with E-state index in [4.69, 9.17) is 11.6 Å². The third-order valence-electron chi connectivity index (χ3n) is 6.55. The molecule has 37 heavy (non-hydrogen) atoms.